The lowest BCUT2D eigenvalue weighted by Gasteiger charge is -2.32. The first kappa shape index (κ1) is 13.0. The van der Waals surface area contributed by atoms with Crippen molar-refractivity contribution in [3.8, 4) is 0 Å². The zero-order chi connectivity index (χ0) is 12.3. The third-order valence-corrected chi connectivity index (χ3v) is 4.55. The lowest BCUT2D eigenvalue weighted by molar-refractivity contribution is 0.163. The van der Waals surface area contributed by atoms with Crippen molar-refractivity contribution in [2.24, 2.45) is 11.7 Å². The van der Waals surface area contributed by atoms with Crippen molar-refractivity contribution in [3.05, 3.63) is 16.1 Å². The third kappa shape index (κ3) is 2.87. The lowest BCUT2D eigenvalue weighted by Crippen LogP contribution is -2.35. The summed E-state index contributed by atoms with van der Waals surface area (Å²) in [5.74, 6) is 0.568. The molecule has 1 aromatic heterocycles. The second-order valence-corrected chi connectivity index (χ2v) is 5.92. The standard InChI is InChI=1S/C13H23N3S/c1-3-16-7-5-4-6-11(8-14)13(16)12-9-17-10(2)15-12/h9,11,13H,3-8,14H2,1-2H3. The van der Waals surface area contributed by atoms with Crippen LogP contribution in [0, 0.1) is 12.8 Å². The van der Waals surface area contributed by atoms with Gasteiger partial charge in [-0.25, -0.2) is 4.98 Å². The smallest absolute Gasteiger partial charge is 0.0898 e. The highest BCUT2D eigenvalue weighted by Crippen LogP contribution is 2.34. The first-order valence-electron chi connectivity index (χ1n) is 6.62. The molecule has 96 valence electrons. The van der Waals surface area contributed by atoms with Crippen molar-refractivity contribution in [3.63, 3.8) is 0 Å². The van der Waals surface area contributed by atoms with E-state index in [0.29, 0.717) is 12.0 Å². The molecule has 1 aromatic rings. The maximum atomic E-state index is 5.97. The van der Waals surface area contributed by atoms with Crippen LogP contribution in [0.1, 0.15) is 42.9 Å². The quantitative estimate of drug-likeness (QED) is 0.900. The van der Waals surface area contributed by atoms with E-state index in [0.717, 1.165) is 18.1 Å². The Morgan fingerprint density at radius 1 is 1.53 bits per heavy atom. The topological polar surface area (TPSA) is 42.1 Å². The minimum atomic E-state index is 0.442. The SMILES string of the molecule is CCN1CCCCC(CN)C1c1csc(C)n1. The molecule has 17 heavy (non-hydrogen) atoms. The summed E-state index contributed by atoms with van der Waals surface area (Å²) in [7, 11) is 0. The van der Waals surface area contributed by atoms with Crippen LogP contribution in [0.15, 0.2) is 5.38 Å². The summed E-state index contributed by atoms with van der Waals surface area (Å²) in [5, 5.41) is 3.38. The Kier molecular flexibility index (Phi) is 4.54. The molecule has 2 N–H and O–H groups in total. The number of hydrogen-bond acceptors (Lipinski definition) is 4. The average molecular weight is 253 g/mol. The molecule has 2 atom stereocenters. The number of aromatic nitrogens is 1. The maximum Gasteiger partial charge on any atom is 0.0898 e. The highest BCUT2D eigenvalue weighted by molar-refractivity contribution is 7.09. The molecule has 0 saturated carbocycles. The number of rotatable bonds is 3. The van der Waals surface area contributed by atoms with Crippen molar-refractivity contribution in [2.45, 2.75) is 39.2 Å². The molecular formula is C13H23N3S. The van der Waals surface area contributed by atoms with E-state index in [1.54, 1.807) is 11.3 Å². The van der Waals surface area contributed by atoms with Gasteiger partial charge in [-0.1, -0.05) is 13.3 Å². The van der Waals surface area contributed by atoms with Crippen molar-refractivity contribution >= 4 is 11.3 Å². The summed E-state index contributed by atoms with van der Waals surface area (Å²) in [6.07, 6.45) is 3.84. The molecule has 1 aliphatic heterocycles. The van der Waals surface area contributed by atoms with Gasteiger partial charge in [0.2, 0.25) is 0 Å². The van der Waals surface area contributed by atoms with E-state index in [2.05, 4.69) is 24.1 Å². The molecule has 1 fully saturated rings. The second kappa shape index (κ2) is 5.94. The third-order valence-electron chi connectivity index (χ3n) is 3.76. The fraction of sp³-hybridized carbons (Fsp3) is 0.769. The molecule has 1 aliphatic rings. The Morgan fingerprint density at radius 3 is 2.94 bits per heavy atom. The van der Waals surface area contributed by atoms with Gasteiger partial charge in [-0.15, -0.1) is 11.3 Å². The van der Waals surface area contributed by atoms with E-state index in [1.807, 2.05) is 0 Å². The molecule has 0 spiro atoms. The summed E-state index contributed by atoms with van der Waals surface area (Å²) in [6, 6.07) is 0.442. The van der Waals surface area contributed by atoms with Crippen LogP contribution in [0.2, 0.25) is 0 Å². The Hall–Kier alpha value is -0.450. The first-order chi connectivity index (χ1) is 8.26. The number of hydrogen-bond donors (Lipinski definition) is 1. The average Bonchev–Trinajstić information content (AvgIpc) is 2.65. The highest BCUT2D eigenvalue weighted by atomic mass is 32.1. The fourth-order valence-corrected chi connectivity index (χ4v) is 3.50. The first-order valence-corrected chi connectivity index (χ1v) is 7.50. The normalized spacial score (nSPS) is 27.0. The monoisotopic (exact) mass is 253 g/mol. The van der Waals surface area contributed by atoms with Crippen molar-refractivity contribution in [1.82, 2.24) is 9.88 Å². The number of likely N-dealkylation sites (tertiary alicyclic amines) is 1. The van der Waals surface area contributed by atoms with Crippen molar-refractivity contribution in [2.75, 3.05) is 19.6 Å². The summed E-state index contributed by atoms with van der Waals surface area (Å²) >= 11 is 1.75. The van der Waals surface area contributed by atoms with Crippen LogP contribution < -0.4 is 5.73 Å². The van der Waals surface area contributed by atoms with E-state index in [9.17, 15) is 0 Å². The van der Waals surface area contributed by atoms with Gasteiger partial charge in [0.05, 0.1) is 16.7 Å². The molecule has 2 unspecified atom stereocenters. The lowest BCUT2D eigenvalue weighted by atomic mass is 9.93. The van der Waals surface area contributed by atoms with Gasteiger partial charge >= 0.3 is 0 Å². The number of nitrogens with zero attached hydrogens (tertiary/aromatic N) is 2. The zero-order valence-electron chi connectivity index (χ0n) is 10.9. The predicted molar refractivity (Wildman–Crippen MR) is 73.2 cm³/mol. The van der Waals surface area contributed by atoms with E-state index in [1.165, 1.54) is 31.5 Å². The van der Waals surface area contributed by atoms with Crippen LogP contribution in [0.5, 0.6) is 0 Å². The van der Waals surface area contributed by atoms with Gasteiger partial charge in [-0.3, -0.25) is 4.90 Å². The second-order valence-electron chi connectivity index (χ2n) is 4.86. The minimum Gasteiger partial charge on any atom is -0.330 e. The number of thiazole rings is 1. The van der Waals surface area contributed by atoms with Gasteiger partial charge in [0, 0.05) is 5.38 Å². The summed E-state index contributed by atoms with van der Waals surface area (Å²) < 4.78 is 0. The largest absolute Gasteiger partial charge is 0.330 e. The van der Waals surface area contributed by atoms with Gasteiger partial charge in [0.15, 0.2) is 0 Å². The zero-order valence-corrected chi connectivity index (χ0v) is 11.7. The Morgan fingerprint density at radius 2 is 2.35 bits per heavy atom. The minimum absolute atomic E-state index is 0.442. The molecule has 0 aliphatic carbocycles. The van der Waals surface area contributed by atoms with Gasteiger partial charge in [-0.2, -0.15) is 0 Å². The van der Waals surface area contributed by atoms with E-state index < -0.39 is 0 Å². The molecule has 0 amide bonds. The summed E-state index contributed by atoms with van der Waals surface area (Å²) in [6.45, 7) is 7.38. The van der Waals surface area contributed by atoms with Crippen LogP contribution in [0.4, 0.5) is 0 Å². The molecular weight excluding hydrogens is 230 g/mol. The Labute approximate surface area is 108 Å². The van der Waals surface area contributed by atoms with Gasteiger partial charge in [0.1, 0.15) is 0 Å². The van der Waals surface area contributed by atoms with Gasteiger partial charge in [-0.05, 0) is 45.3 Å². The Bertz CT molecular complexity index is 336. The van der Waals surface area contributed by atoms with Gasteiger partial charge in [0.25, 0.3) is 0 Å². The molecule has 0 bridgehead atoms. The summed E-state index contributed by atoms with van der Waals surface area (Å²) in [4.78, 5) is 7.25. The number of nitrogens with two attached hydrogens (primary N) is 1. The van der Waals surface area contributed by atoms with Crippen molar-refractivity contribution < 1.29 is 0 Å². The van der Waals surface area contributed by atoms with E-state index in [-0.39, 0.29) is 0 Å². The molecule has 4 heteroatoms. The predicted octanol–water partition coefficient (Wildman–Crippen LogP) is 2.57. The molecule has 0 aromatic carbocycles. The van der Waals surface area contributed by atoms with Crippen LogP contribution in [0.25, 0.3) is 0 Å². The fourth-order valence-electron chi connectivity index (χ4n) is 2.86. The van der Waals surface area contributed by atoms with Crippen LogP contribution in [0.3, 0.4) is 0 Å². The van der Waals surface area contributed by atoms with Crippen LogP contribution >= 0.6 is 11.3 Å². The molecule has 3 nitrogen and oxygen atoms in total. The van der Waals surface area contributed by atoms with Crippen molar-refractivity contribution in [1.29, 1.82) is 0 Å². The van der Waals surface area contributed by atoms with E-state index in [4.69, 9.17) is 10.7 Å². The molecule has 0 radical (unpaired) electrons. The Balaban J connectivity index is 2.27. The maximum absolute atomic E-state index is 5.97. The van der Waals surface area contributed by atoms with Gasteiger partial charge < -0.3 is 5.73 Å². The summed E-state index contributed by atoms with van der Waals surface area (Å²) in [5.41, 5.74) is 7.22. The molecule has 1 saturated heterocycles. The van der Waals surface area contributed by atoms with E-state index >= 15 is 0 Å². The van der Waals surface area contributed by atoms with Crippen LogP contribution in [-0.4, -0.2) is 29.5 Å². The highest BCUT2D eigenvalue weighted by Gasteiger charge is 2.30. The van der Waals surface area contributed by atoms with Crippen LogP contribution in [-0.2, 0) is 0 Å². The molecule has 2 heterocycles. The molecule has 2 rings (SSSR count). The number of aryl methyl sites for hydroxylation is 1.